The summed E-state index contributed by atoms with van der Waals surface area (Å²) in [4.78, 5) is 37.6. The highest BCUT2D eigenvalue weighted by Crippen LogP contribution is 2.31. The van der Waals surface area contributed by atoms with Gasteiger partial charge in [-0.3, -0.25) is 4.79 Å². The number of rotatable bonds is 8. The van der Waals surface area contributed by atoms with Gasteiger partial charge < -0.3 is 20.1 Å². The number of carbonyl (C=O) groups is 3. The molecule has 8 heteroatoms. The Balaban J connectivity index is 1.71. The van der Waals surface area contributed by atoms with Crippen molar-refractivity contribution in [3.63, 3.8) is 0 Å². The second-order valence-corrected chi connectivity index (χ2v) is 7.99. The maximum Gasteiger partial charge on any atom is 0.338 e. The van der Waals surface area contributed by atoms with Crippen LogP contribution in [0.1, 0.15) is 56.4 Å². The first-order chi connectivity index (χ1) is 13.6. The maximum atomic E-state index is 12.6. The summed E-state index contributed by atoms with van der Waals surface area (Å²) in [6, 6.07) is 2.62. The Kier molecular flexibility index (Phi) is 7.08. The molecule has 2 amide bonds. The Labute approximate surface area is 168 Å². The molecule has 1 aliphatic heterocycles. The molecule has 0 spiro atoms. The summed E-state index contributed by atoms with van der Waals surface area (Å²) in [5.74, 6) is -0.253. The third kappa shape index (κ3) is 5.13. The maximum absolute atomic E-state index is 12.6. The first-order valence-electron chi connectivity index (χ1n) is 9.75. The number of hydrogen-bond acceptors (Lipinski definition) is 6. The molecule has 0 saturated heterocycles. The van der Waals surface area contributed by atoms with Crippen LogP contribution in [0, 0.1) is 5.92 Å². The van der Waals surface area contributed by atoms with Gasteiger partial charge in [-0.25, -0.2) is 9.59 Å². The summed E-state index contributed by atoms with van der Waals surface area (Å²) in [5.41, 5.74) is 0.544. The van der Waals surface area contributed by atoms with Crippen LogP contribution in [-0.2, 0) is 19.1 Å². The Hall–Kier alpha value is -2.35. The minimum absolute atomic E-state index is 0.160. The molecule has 0 unspecified atom stereocenters. The van der Waals surface area contributed by atoms with Crippen LogP contribution < -0.4 is 10.6 Å². The predicted octanol–water partition coefficient (Wildman–Crippen LogP) is 3.43. The Morgan fingerprint density at radius 1 is 1.25 bits per heavy atom. The zero-order valence-electron chi connectivity index (χ0n) is 16.0. The molecule has 1 saturated carbocycles. The van der Waals surface area contributed by atoms with E-state index in [1.807, 2.05) is 17.5 Å². The minimum atomic E-state index is -0.625. The molecule has 1 aromatic rings. The number of ether oxygens (including phenoxy) is 2. The van der Waals surface area contributed by atoms with Crippen molar-refractivity contribution >= 4 is 29.3 Å². The fraction of sp³-hybridized carbons (Fsp3) is 0.550. The van der Waals surface area contributed by atoms with E-state index in [0.29, 0.717) is 12.3 Å². The molecule has 2 heterocycles. The molecule has 1 aliphatic carbocycles. The van der Waals surface area contributed by atoms with E-state index in [9.17, 15) is 14.4 Å². The minimum Gasteiger partial charge on any atom is -0.463 e. The van der Waals surface area contributed by atoms with E-state index in [0.717, 1.165) is 11.3 Å². The van der Waals surface area contributed by atoms with Crippen molar-refractivity contribution in [3.05, 3.63) is 33.7 Å². The van der Waals surface area contributed by atoms with E-state index < -0.39 is 18.0 Å². The summed E-state index contributed by atoms with van der Waals surface area (Å²) in [6.45, 7) is 1.77. The van der Waals surface area contributed by atoms with Crippen LogP contribution in [0.25, 0.3) is 0 Å². The lowest BCUT2D eigenvalue weighted by atomic mass is 10.0. The van der Waals surface area contributed by atoms with E-state index in [1.165, 1.54) is 37.0 Å². The van der Waals surface area contributed by atoms with E-state index in [1.54, 1.807) is 6.92 Å². The van der Waals surface area contributed by atoms with Crippen LogP contribution in [0.5, 0.6) is 0 Å². The second-order valence-electron chi connectivity index (χ2n) is 7.01. The number of carbonyl (C=O) groups excluding carboxylic acids is 3. The van der Waals surface area contributed by atoms with Gasteiger partial charge in [-0.2, -0.15) is 0 Å². The summed E-state index contributed by atoms with van der Waals surface area (Å²) >= 11 is 1.43. The molecule has 0 aromatic carbocycles. The molecule has 28 heavy (non-hydrogen) atoms. The molecule has 3 rings (SSSR count). The number of nitrogens with one attached hydrogen (secondary N) is 2. The number of hydrogen-bond donors (Lipinski definition) is 2. The van der Waals surface area contributed by atoms with Crippen LogP contribution in [-0.4, -0.2) is 31.2 Å². The fourth-order valence-corrected chi connectivity index (χ4v) is 4.48. The first kappa shape index (κ1) is 20.4. The van der Waals surface area contributed by atoms with Gasteiger partial charge in [-0.15, -0.1) is 11.3 Å². The molecule has 152 valence electrons. The number of thiophene rings is 1. The van der Waals surface area contributed by atoms with Crippen molar-refractivity contribution in [2.45, 2.75) is 51.5 Å². The topological polar surface area (TPSA) is 93.7 Å². The third-order valence-electron chi connectivity index (χ3n) is 5.09. The number of amides is 2. The van der Waals surface area contributed by atoms with Crippen LogP contribution in [0.3, 0.4) is 0 Å². The summed E-state index contributed by atoms with van der Waals surface area (Å²) < 4.78 is 10.5. The zero-order valence-corrected chi connectivity index (χ0v) is 16.8. The van der Waals surface area contributed by atoms with Gasteiger partial charge in [-0.05, 0) is 30.7 Å². The quantitative estimate of drug-likeness (QED) is 0.645. The molecule has 7 nitrogen and oxygen atoms in total. The third-order valence-corrected chi connectivity index (χ3v) is 6.02. The van der Waals surface area contributed by atoms with Crippen LogP contribution >= 0.6 is 11.3 Å². The van der Waals surface area contributed by atoms with Crippen LogP contribution in [0.2, 0.25) is 0 Å². The molecule has 1 aromatic heterocycles. The molecule has 0 radical (unpaired) electrons. The molecular formula is C20H26N2O5S. The van der Waals surface area contributed by atoms with E-state index in [4.69, 9.17) is 9.47 Å². The first-order valence-corrected chi connectivity index (χ1v) is 10.6. The van der Waals surface area contributed by atoms with Crippen LogP contribution in [0.15, 0.2) is 28.8 Å². The second kappa shape index (κ2) is 9.73. The zero-order chi connectivity index (χ0) is 19.9. The lowest BCUT2D eigenvalue weighted by Crippen LogP contribution is -2.46. The average Bonchev–Trinajstić information content (AvgIpc) is 3.38. The smallest absolute Gasteiger partial charge is 0.338 e. The lowest BCUT2D eigenvalue weighted by molar-refractivity contribution is -0.144. The number of urea groups is 1. The van der Waals surface area contributed by atoms with E-state index in [-0.39, 0.29) is 30.5 Å². The molecule has 1 fully saturated rings. The van der Waals surface area contributed by atoms with Crippen molar-refractivity contribution in [3.8, 4) is 0 Å². The molecule has 2 aliphatic rings. The van der Waals surface area contributed by atoms with Crippen molar-refractivity contribution in [2.75, 3.05) is 13.2 Å². The predicted molar refractivity (Wildman–Crippen MR) is 105 cm³/mol. The van der Waals surface area contributed by atoms with E-state index >= 15 is 0 Å². The van der Waals surface area contributed by atoms with Gasteiger partial charge in [0.2, 0.25) is 0 Å². The van der Waals surface area contributed by atoms with Gasteiger partial charge >= 0.3 is 18.0 Å². The SMILES string of the molecule is CCOC(=O)C1=C(COC(=O)CCC2CCCC2)NC(=O)N[C@H]1c1cccs1. The standard InChI is InChI=1S/C20H26N2O5S/c1-2-26-19(24)17-14(12-27-16(23)10-9-13-6-3-4-7-13)21-20(25)22-18(17)15-8-5-11-28-15/h5,8,11,13,18H,2-4,6-7,9-10,12H2,1H3,(H2,21,22,25)/t18-/m0/s1. The van der Waals surface area contributed by atoms with Crippen molar-refractivity contribution in [2.24, 2.45) is 5.92 Å². The molecule has 2 N–H and O–H groups in total. The Morgan fingerprint density at radius 3 is 2.71 bits per heavy atom. The highest BCUT2D eigenvalue weighted by molar-refractivity contribution is 7.10. The van der Waals surface area contributed by atoms with Crippen molar-refractivity contribution in [1.82, 2.24) is 10.6 Å². The fourth-order valence-electron chi connectivity index (χ4n) is 3.70. The van der Waals surface area contributed by atoms with Gasteiger partial charge in [0, 0.05) is 11.3 Å². The average molecular weight is 407 g/mol. The molecular weight excluding hydrogens is 380 g/mol. The van der Waals surface area contributed by atoms with Gasteiger partial charge in [0.05, 0.1) is 23.9 Å². The highest BCUT2D eigenvalue weighted by Gasteiger charge is 2.34. The van der Waals surface area contributed by atoms with Crippen molar-refractivity contribution in [1.29, 1.82) is 0 Å². The van der Waals surface area contributed by atoms with Gasteiger partial charge in [0.1, 0.15) is 6.61 Å². The van der Waals surface area contributed by atoms with Gasteiger partial charge in [-0.1, -0.05) is 31.7 Å². The van der Waals surface area contributed by atoms with E-state index in [2.05, 4.69) is 10.6 Å². The van der Waals surface area contributed by atoms with Crippen LogP contribution in [0.4, 0.5) is 4.79 Å². The Bertz CT molecular complexity index is 738. The van der Waals surface area contributed by atoms with Gasteiger partial charge in [0.15, 0.2) is 0 Å². The highest BCUT2D eigenvalue weighted by atomic mass is 32.1. The molecule has 0 bridgehead atoms. The Morgan fingerprint density at radius 2 is 2.04 bits per heavy atom. The normalized spacial score (nSPS) is 19.9. The summed E-state index contributed by atoms with van der Waals surface area (Å²) in [7, 11) is 0. The monoisotopic (exact) mass is 406 g/mol. The van der Waals surface area contributed by atoms with Crippen molar-refractivity contribution < 1.29 is 23.9 Å². The van der Waals surface area contributed by atoms with Gasteiger partial charge in [0.25, 0.3) is 0 Å². The molecule has 1 atom stereocenters. The summed E-state index contributed by atoms with van der Waals surface area (Å²) in [5, 5.41) is 7.23. The summed E-state index contributed by atoms with van der Waals surface area (Å²) in [6.07, 6.45) is 6.00. The lowest BCUT2D eigenvalue weighted by Gasteiger charge is -2.28. The largest absolute Gasteiger partial charge is 0.463 e. The number of esters is 2.